The molecule has 20 heavy (non-hydrogen) atoms. The SMILES string of the molecule is CC(C)(C)NCc1ccc(OCc2cscn2)c(Br)c1. The van der Waals surface area contributed by atoms with Crippen LogP contribution in [-0.2, 0) is 13.2 Å². The van der Waals surface area contributed by atoms with Gasteiger partial charge in [0.25, 0.3) is 0 Å². The van der Waals surface area contributed by atoms with Gasteiger partial charge in [0.2, 0.25) is 0 Å². The highest BCUT2D eigenvalue weighted by atomic mass is 79.9. The Hall–Kier alpha value is -0.910. The van der Waals surface area contributed by atoms with E-state index >= 15 is 0 Å². The molecule has 0 unspecified atom stereocenters. The predicted octanol–water partition coefficient (Wildman–Crippen LogP) is 4.37. The zero-order valence-electron chi connectivity index (χ0n) is 11.9. The van der Waals surface area contributed by atoms with Crippen LogP contribution in [0, 0.1) is 0 Å². The lowest BCUT2D eigenvalue weighted by Gasteiger charge is -2.20. The maximum absolute atomic E-state index is 5.76. The van der Waals surface area contributed by atoms with Gasteiger partial charge in [-0.05, 0) is 54.4 Å². The van der Waals surface area contributed by atoms with E-state index in [2.05, 4.69) is 59.1 Å². The number of rotatable bonds is 5. The predicted molar refractivity (Wildman–Crippen MR) is 87.2 cm³/mol. The van der Waals surface area contributed by atoms with Crippen LogP contribution in [0.1, 0.15) is 32.0 Å². The number of thiazole rings is 1. The van der Waals surface area contributed by atoms with Crippen molar-refractivity contribution in [1.29, 1.82) is 0 Å². The number of hydrogen-bond acceptors (Lipinski definition) is 4. The van der Waals surface area contributed by atoms with Crippen LogP contribution in [0.25, 0.3) is 0 Å². The zero-order chi connectivity index (χ0) is 14.6. The van der Waals surface area contributed by atoms with Gasteiger partial charge < -0.3 is 10.1 Å². The summed E-state index contributed by atoms with van der Waals surface area (Å²) < 4.78 is 6.73. The highest BCUT2D eigenvalue weighted by molar-refractivity contribution is 9.10. The van der Waals surface area contributed by atoms with E-state index < -0.39 is 0 Å². The third-order valence-electron chi connectivity index (χ3n) is 2.68. The lowest BCUT2D eigenvalue weighted by molar-refractivity contribution is 0.300. The third-order valence-corrected chi connectivity index (χ3v) is 3.93. The van der Waals surface area contributed by atoms with Gasteiger partial charge in [0.15, 0.2) is 0 Å². The molecule has 0 fully saturated rings. The van der Waals surface area contributed by atoms with E-state index in [-0.39, 0.29) is 5.54 Å². The summed E-state index contributed by atoms with van der Waals surface area (Å²) in [6, 6.07) is 6.17. The number of ether oxygens (including phenoxy) is 1. The summed E-state index contributed by atoms with van der Waals surface area (Å²) in [7, 11) is 0. The first-order chi connectivity index (χ1) is 9.44. The molecule has 2 rings (SSSR count). The van der Waals surface area contributed by atoms with Crippen LogP contribution in [-0.4, -0.2) is 10.5 Å². The summed E-state index contributed by atoms with van der Waals surface area (Å²) in [6.45, 7) is 7.82. The van der Waals surface area contributed by atoms with Gasteiger partial charge in [0.05, 0.1) is 15.7 Å². The molecule has 1 N–H and O–H groups in total. The van der Waals surface area contributed by atoms with E-state index in [9.17, 15) is 0 Å². The average Bonchev–Trinajstić information content (AvgIpc) is 2.87. The molecule has 0 spiro atoms. The van der Waals surface area contributed by atoms with E-state index in [4.69, 9.17) is 4.74 Å². The summed E-state index contributed by atoms with van der Waals surface area (Å²) >= 11 is 5.14. The smallest absolute Gasteiger partial charge is 0.134 e. The molecule has 0 bridgehead atoms. The monoisotopic (exact) mass is 354 g/mol. The van der Waals surface area contributed by atoms with Crippen LogP contribution >= 0.6 is 27.3 Å². The van der Waals surface area contributed by atoms with Crippen molar-refractivity contribution in [3.05, 3.63) is 44.8 Å². The fourth-order valence-electron chi connectivity index (χ4n) is 1.60. The standard InChI is InChI=1S/C15H19BrN2OS/c1-15(2,3)18-7-11-4-5-14(13(16)6-11)19-8-12-9-20-10-17-12/h4-6,9-10,18H,7-8H2,1-3H3. The number of hydrogen-bond donors (Lipinski definition) is 1. The molecule has 0 aliphatic heterocycles. The average molecular weight is 355 g/mol. The molecule has 0 atom stereocenters. The summed E-state index contributed by atoms with van der Waals surface area (Å²) in [6.07, 6.45) is 0. The van der Waals surface area contributed by atoms with Crippen LogP contribution in [0.5, 0.6) is 5.75 Å². The number of nitrogens with one attached hydrogen (secondary N) is 1. The van der Waals surface area contributed by atoms with Gasteiger partial charge in [0.1, 0.15) is 12.4 Å². The molecule has 0 saturated heterocycles. The van der Waals surface area contributed by atoms with Gasteiger partial charge in [-0.2, -0.15) is 0 Å². The lowest BCUT2D eigenvalue weighted by atomic mass is 10.1. The van der Waals surface area contributed by atoms with Crippen molar-refractivity contribution in [2.75, 3.05) is 0 Å². The Kier molecular flexibility index (Phi) is 5.18. The van der Waals surface area contributed by atoms with Crippen LogP contribution < -0.4 is 10.1 Å². The van der Waals surface area contributed by atoms with Crippen molar-refractivity contribution in [2.24, 2.45) is 0 Å². The number of nitrogens with zero attached hydrogens (tertiary/aromatic N) is 1. The normalized spacial score (nSPS) is 11.6. The molecular formula is C15H19BrN2OS. The Bertz CT molecular complexity index is 549. The van der Waals surface area contributed by atoms with Crippen LogP contribution in [0.15, 0.2) is 33.6 Å². The Labute approximate surface area is 132 Å². The van der Waals surface area contributed by atoms with Crippen molar-refractivity contribution >= 4 is 27.3 Å². The van der Waals surface area contributed by atoms with Gasteiger partial charge in [-0.3, -0.25) is 0 Å². The quantitative estimate of drug-likeness (QED) is 0.865. The molecule has 0 radical (unpaired) electrons. The first-order valence-electron chi connectivity index (χ1n) is 6.47. The van der Waals surface area contributed by atoms with Crippen molar-refractivity contribution in [3.63, 3.8) is 0 Å². The van der Waals surface area contributed by atoms with Crippen molar-refractivity contribution in [1.82, 2.24) is 10.3 Å². The van der Waals surface area contributed by atoms with Gasteiger partial charge >= 0.3 is 0 Å². The van der Waals surface area contributed by atoms with Crippen molar-refractivity contribution in [2.45, 2.75) is 39.5 Å². The highest BCUT2D eigenvalue weighted by Gasteiger charge is 2.09. The molecule has 0 amide bonds. The van der Waals surface area contributed by atoms with Gasteiger partial charge in [-0.15, -0.1) is 11.3 Å². The largest absolute Gasteiger partial charge is 0.486 e. The van der Waals surface area contributed by atoms with E-state index in [1.165, 1.54) is 5.56 Å². The molecule has 3 nitrogen and oxygen atoms in total. The van der Waals surface area contributed by atoms with Crippen LogP contribution in [0.4, 0.5) is 0 Å². The maximum atomic E-state index is 5.76. The van der Waals surface area contributed by atoms with Gasteiger partial charge in [-0.1, -0.05) is 6.07 Å². The summed E-state index contributed by atoms with van der Waals surface area (Å²) in [4.78, 5) is 4.20. The first kappa shape index (κ1) is 15.5. The van der Waals surface area contributed by atoms with Crippen molar-refractivity contribution < 1.29 is 4.74 Å². The second-order valence-electron chi connectivity index (χ2n) is 5.64. The Morgan fingerprint density at radius 3 is 2.75 bits per heavy atom. The van der Waals surface area contributed by atoms with E-state index in [0.717, 1.165) is 22.5 Å². The molecule has 108 valence electrons. The zero-order valence-corrected chi connectivity index (χ0v) is 14.3. The fourth-order valence-corrected chi connectivity index (χ4v) is 2.68. The number of benzene rings is 1. The molecule has 1 aromatic heterocycles. The minimum absolute atomic E-state index is 0.117. The summed E-state index contributed by atoms with van der Waals surface area (Å²) in [5.41, 5.74) is 4.12. The molecule has 0 aliphatic carbocycles. The highest BCUT2D eigenvalue weighted by Crippen LogP contribution is 2.27. The van der Waals surface area contributed by atoms with E-state index in [1.54, 1.807) is 11.3 Å². The number of halogens is 1. The summed E-state index contributed by atoms with van der Waals surface area (Å²) in [5, 5.41) is 5.46. The molecule has 1 heterocycles. The minimum atomic E-state index is 0.117. The van der Waals surface area contributed by atoms with Gasteiger partial charge in [-0.25, -0.2) is 4.98 Å². The number of aromatic nitrogens is 1. The molecule has 5 heteroatoms. The molecule has 2 aromatic rings. The van der Waals surface area contributed by atoms with Crippen LogP contribution in [0.2, 0.25) is 0 Å². The van der Waals surface area contributed by atoms with Crippen molar-refractivity contribution in [3.8, 4) is 5.75 Å². The minimum Gasteiger partial charge on any atom is -0.486 e. The van der Waals surface area contributed by atoms with Gasteiger partial charge in [0, 0.05) is 17.5 Å². The molecular weight excluding hydrogens is 336 g/mol. The third kappa shape index (κ3) is 4.89. The first-order valence-corrected chi connectivity index (χ1v) is 8.21. The van der Waals surface area contributed by atoms with E-state index in [1.807, 2.05) is 17.0 Å². The summed E-state index contributed by atoms with van der Waals surface area (Å²) in [5.74, 6) is 0.845. The molecule has 0 saturated carbocycles. The molecule has 0 aliphatic rings. The Morgan fingerprint density at radius 2 is 2.15 bits per heavy atom. The topological polar surface area (TPSA) is 34.1 Å². The Balaban J connectivity index is 1.95. The Morgan fingerprint density at radius 1 is 1.35 bits per heavy atom. The van der Waals surface area contributed by atoms with Crippen LogP contribution in [0.3, 0.4) is 0 Å². The second kappa shape index (κ2) is 6.70. The lowest BCUT2D eigenvalue weighted by Crippen LogP contribution is -2.35. The maximum Gasteiger partial charge on any atom is 0.134 e. The molecule has 1 aromatic carbocycles. The second-order valence-corrected chi connectivity index (χ2v) is 7.21. The fraction of sp³-hybridized carbons (Fsp3) is 0.400. The van der Waals surface area contributed by atoms with E-state index in [0.29, 0.717) is 6.61 Å².